The first-order valence-corrected chi connectivity index (χ1v) is 8.55. The van der Waals surface area contributed by atoms with Crippen LogP contribution in [0.25, 0.3) is 0 Å². The molecule has 0 spiro atoms. The maximum atomic E-state index is 4.86. The van der Waals surface area contributed by atoms with Gasteiger partial charge in [0, 0.05) is 31.0 Å². The summed E-state index contributed by atoms with van der Waals surface area (Å²) in [6, 6.07) is 0.573. The van der Waals surface area contributed by atoms with Crippen molar-refractivity contribution in [3.05, 3.63) is 17.5 Å². The van der Waals surface area contributed by atoms with Gasteiger partial charge in [0.25, 0.3) is 0 Å². The van der Waals surface area contributed by atoms with E-state index in [0.717, 1.165) is 44.3 Å². The lowest BCUT2D eigenvalue weighted by atomic mass is 9.87. The molecule has 1 aromatic rings. The van der Waals surface area contributed by atoms with Crippen LogP contribution in [0.4, 0.5) is 5.95 Å². The Balaban J connectivity index is 1.64. The van der Waals surface area contributed by atoms with Gasteiger partial charge in [-0.15, -0.1) is 0 Å². The molecule has 2 aliphatic rings. The molecule has 0 aromatic carbocycles. The third-order valence-corrected chi connectivity index (χ3v) is 4.69. The van der Waals surface area contributed by atoms with E-state index in [2.05, 4.69) is 35.2 Å². The summed E-state index contributed by atoms with van der Waals surface area (Å²) >= 11 is 0. The SMILES string of the molecule is CC(C)NCC1CCc2nc(N3CCCCC3)ncc2C1. The molecule has 3 rings (SSSR count). The molecule has 1 aliphatic carbocycles. The van der Waals surface area contributed by atoms with E-state index in [1.807, 2.05) is 0 Å². The Kier molecular flexibility index (Phi) is 4.73. The smallest absolute Gasteiger partial charge is 0.225 e. The van der Waals surface area contributed by atoms with Crippen LogP contribution in [0.15, 0.2) is 6.20 Å². The number of hydrogen-bond acceptors (Lipinski definition) is 4. The average Bonchev–Trinajstić information content (AvgIpc) is 2.53. The molecule has 116 valence electrons. The predicted molar refractivity (Wildman–Crippen MR) is 86.7 cm³/mol. The molecule has 0 radical (unpaired) electrons. The normalized spacial score (nSPS) is 22.4. The molecule has 2 heterocycles. The number of piperidine rings is 1. The number of fused-ring (bicyclic) bond motifs is 1. The van der Waals surface area contributed by atoms with Gasteiger partial charge in [0.1, 0.15) is 0 Å². The van der Waals surface area contributed by atoms with Crippen molar-refractivity contribution in [2.75, 3.05) is 24.5 Å². The van der Waals surface area contributed by atoms with Crippen LogP contribution in [-0.2, 0) is 12.8 Å². The van der Waals surface area contributed by atoms with Crippen LogP contribution in [0.2, 0.25) is 0 Å². The summed E-state index contributed by atoms with van der Waals surface area (Å²) < 4.78 is 0. The number of aryl methyl sites for hydroxylation is 1. The van der Waals surface area contributed by atoms with Crippen molar-refractivity contribution in [2.24, 2.45) is 5.92 Å². The van der Waals surface area contributed by atoms with Gasteiger partial charge in [0.05, 0.1) is 0 Å². The van der Waals surface area contributed by atoms with Crippen LogP contribution in [-0.4, -0.2) is 35.6 Å². The van der Waals surface area contributed by atoms with Gasteiger partial charge < -0.3 is 10.2 Å². The van der Waals surface area contributed by atoms with E-state index in [-0.39, 0.29) is 0 Å². The zero-order valence-electron chi connectivity index (χ0n) is 13.4. The zero-order chi connectivity index (χ0) is 14.7. The molecule has 0 saturated carbocycles. The molecule has 21 heavy (non-hydrogen) atoms. The molecule has 4 nitrogen and oxygen atoms in total. The highest BCUT2D eigenvalue weighted by molar-refractivity contribution is 5.34. The molecule has 4 heteroatoms. The van der Waals surface area contributed by atoms with Crippen molar-refractivity contribution in [3.8, 4) is 0 Å². The zero-order valence-corrected chi connectivity index (χ0v) is 13.4. The van der Waals surface area contributed by atoms with E-state index in [4.69, 9.17) is 4.98 Å². The Labute approximate surface area is 128 Å². The average molecular weight is 288 g/mol. The van der Waals surface area contributed by atoms with Crippen LogP contribution in [0, 0.1) is 5.92 Å². The fraction of sp³-hybridized carbons (Fsp3) is 0.765. The van der Waals surface area contributed by atoms with Gasteiger partial charge in [-0.1, -0.05) is 13.8 Å². The van der Waals surface area contributed by atoms with E-state index in [0.29, 0.717) is 6.04 Å². The second-order valence-electron chi connectivity index (χ2n) is 6.86. The quantitative estimate of drug-likeness (QED) is 0.924. The van der Waals surface area contributed by atoms with E-state index in [9.17, 15) is 0 Å². The van der Waals surface area contributed by atoms with Crippen molar-refractivity contribution >= 4 is 5.95 Å². The van der Waals surface area contributed by atoms with Crippen LogP contribution < -0.4 is 10.2 Å². The number of hydrogen-bond donors (Lipinski definition) is 1. The lowest BCUT2D eigenvalue weighted by Gasteiger charge is -2.29. The first-order chi connectivity index (χ1) is 10.2. The predicted octanol–water partition coefficient (Wildman–Crippen LogP) is 2.57. The van der Waals surface area contributed by atoms with E-state index in [1.165, 1.54) is 36.9 Å². The molecule has 0 amide bonds. The molecule has 1 aromatic heterocycles. The van der Waals surface area contributed by atoms with Gasteiger partial charge in [-0.25, -0.2) is 9.97 Å². The minimum absolute atomic E-state index is 0.573. The molecule has 1 saturated heterocycles. The van der Waals surface area contributed by atoms with E-state index >= 15 is 0 Å². The third kappa shape index (κ3) is 3.73. The van der Waals surface area contributed by atoms with Gasteiger partial charge in [-0.05, 0) is 56.6 Å². The molecule has 1 fully saturated rings. The van der Waals surface area contributed by atoms with Crippen LogP contribution in [0.5, 0.6) is 0 Å². The molecular formula is C17H28N4. The highest BCUT2D eigenvalue weighted by Crippen LogP contribution is 2.25. The highest BCUT2D eigenvalue weighted by atomic mass is 15.2. The van der Waals surface area contributed by atoms with Crippen molar-refractivity contribution < 1.29 is 0 Å². The lowest BCUT2D eigenvalue weighted by molar-refractivity contribution is 0.402. The van der Waals surface area contributed by atoms with Crippen molar-refractivity contribution in [1.82, 2.24) is 15.3 Å². The van der Waals surface area contributed by atoms with Crippen molar-refractivity contribution in [2.45, 2.75) is 58.4 Å². The molecular weight excluding hydrogens is 260 g/mol. The highest BCUT2D eigenvalue weighted by Gasteiger charge is 2.22. The summed E-state index contributed by atoms with van der Waals surface area (Å²) in [4.78, 5) is 11.9. The van der Waals surface area contributed by atoms with E-state index in [1.54, 1.807) is 0 Å². The van der Waals surface area contributed by atoms with Gasteiger partial charge in [0.2, 0.25) is 5.95 Å². The Morgan fingerprint density at radius 3 is 2.86 bits per heavy atom. The second-order valence-corrected chi connectivity index (χ2v) is 6.86. The number of aromatic nitrogens is 2. The Bertz CT molecular complexity index is 466. The Hall–Kier alpha value is -1.16. The fourth-order valence-corrected chi connectivity index (χ4v) is 3.40. The van der Waals surface area contributed by atoms with E-state index < -0.39 is 0 Å². The maximum absolute atomic E-state index is 4.86. The molecule has 1 unspecified atom stereocenters. The number of nitrogens with one attached hydrogen (secondary N) is 1. The summed E-state index contributed by atoms with van der Waals surface area (Å²) in [7, 11) is 0. The summed E-state index contributed by atoms with van der Waals surface area (Å²) in [5.74, 6) is 1.71. The summed E-state index contributed by atoms with van der Waals surface area (Å²) in [5, 5.41) is 3.56. The summed E-state index contributed by atoms with van der Waals surface area (Å²) in [6.07, 6.45) is 9.51. The second kappa shape index (κ2) is 6.73. The number of rotatable bonds is 4. The van der Waals surface area contributed by atoms with Crippen molar-refractivity contribution in [1.29, 1.82) is 0 Å². The molecule has 1 aliphatic heterocycles. The lowest BCUT2D eigenvalue weighted by Crippen LogP contribution is -2.33. The van der Waals surface area contributed by atoms with Crippen LogP contribution in [0.1, 0.15) is 50.8 Å². The Morgan fingerprint density at radius 1 is 1.29 bits per heavy atom. The minimum atomic E-state index is 0.573. The first kappa shape index (κ1) is 14.8. The monoisotopic (exact) mass is 288 g/mol. The topological polar surface area (TPSA) is 41.1 Å². The Morgan fingerprint density at radius 2 is 2.10 bits per heavy atom. The van der Waals surface area contributed by atoms with Crippen LogP contribution in [0.3, 0.4) is 0 Å². The van der Waals surface area contributed by atoms with Gasteiger partial charge in [-0.2, -0.15) is 0 Å². The molecule has 1 atom stereocenters. The largest absolute Gasteiger partial charge is 0.341 e. The molecule has 1 N–H and O–H groups in total. The van der Waals surface area contributed by atoms with Crippen molar-refractivity contribution in [3.63, 3.8) is 0 Å². The molecule has 0 bridgehead atoms. The number of nitrogens with zero attached hydrogens (tertiary/aromatic N) is 3. The standard InChI is InChI=1S/C17H28N4/c1-13(2)18-11-14-6-7-16-15(10-14)12-19-17(20-16)21-8-4-3-5-9-21/h12-14,18H,3-11H2,1-2H3. The third-order valence-electron chi connectivity index (χ3n) is 4.69. The summed E-state index contributed by atoms with van der Waals surface area (Å²) in [6.45, 7) is 7.79. The minimum Gasteiger partial charge on any atom is -0.341 e. The van der Waals surface area contributed by atoms with Gasteiger partial charge in [0.15, 0.2) is 0 Å². The maximum Gasteiger partial charge on any atom is 0.225 e. The summed E-state index contributed by atoms with van der Waals surface area (Å²) in [5.41, 5.74) is 2.67. The fourth-order valence-electron chi connectivity index (χ4n) is 3.40. The van der Waals surface area contributed by atoms with Gasteiger partial charge >= 0.3 is 0 Å². The van der Waals surface area contributed by atoms with Crippen LogP contribution >= 0.6 is 0 Å². The first-order valence-electron chi connectivity index (χ1n) is 8.55. The van der Waals surface area contributed by atoms with Gasteiger partial charge in [-0.3, -0.25) is 0 Å². The number of anilines is 1.